The number of nitrogens with zero attached hydrogens (tertiary/aromatic N) is 9. The molecule has 19 nitrogen and oxygen atoms in total. The number of hydrogen-bond donors (Lipinski definition) is 5. The minimum Gasteiger partial charge on any atom is -0.487 e. The lowest BCUT2D eigenvalue weighted by Crippen LogP contribution is -2.54. The number of benzene rings is 2. The molecule has 5 aliphatic heterocycles. The highest BCUT2D eigenvalue weighted by Gasteiger charge is 2.34. The van der Waals surface area contributed by atoms with E-state index >= 15 is 8.78 Å². The lowest BCUT2D eigenvalue weighted by atomic mass is 10.1. The molecule has 3 fully saturated rings. The van der Waals surface area contributed by atoms with Crippen molar-refractivity contribution in [1.82, 2.24) is 28.7 Å². The van der Waals surface area contributed by atoms with Gasteiger partial charge in [-0.05, 0) is 26.0 Å². The first-order chi connectivity index (χ1) is 30.2. The molecule has 2 atom stereocenters. The van der Waals surface area contributed by atoms with Gasteiger partial charge >= 0.3 is 5.97 Å². The number of carboxylic acids is 1. The average molecular weight is 870 g/mol. The Morgan fingerprint density at radius 1 is 0.746 bits per heavy atom. The number of ether oxygens (including phenoxy) is 2. The summed E-state index contributed by atoms with van der Waals surface area (Å²) in [4.78, 5) is 52.9. The highest BCUT2D eigenvalue weighted by molar-refractivity contribution is 6.00. The molecule has 6 N–H and O–H groups in total. The first-order valence-corrected chi connectivity index (χ1v) is 21.0. The van der Waals surface area contributed by atoms with Crippen LogP contribution in [0.4, 0.5) is 20.2 Å². The lowest BCUT2D eigenvalue weighted by molar-refractivity contribution is 0.0694. The highest BCUT2D eigenvalue weighted by atomic mass is 19.1. The van der Waals surface area contributed by atoms with Crippen molar-refractivity contribution < 1.29 is 28.2 Å². The van der Waals surface area contributed by atoms with E-state index in [0.29, 0.717) is 119 Å². The van der Waals surface area contributed by atoms with Gasteiger partial charge in [0.05, 0.1) is 40.3 Å². The molecule has 332 valence electrons. The van der Waals surface area contributed by atoms with Crippen molar-refractivity contribution >= 4 is 62.7 Å². The molecule has 21 heteroatoms. The molecule has 3 saturated heterocycles. The van der Waals surface area contributed by atoms with Crippen LogP contribution in [0, 0.1) is 27.9 Å². The minimum absolute atomic E-state index is 0.00753. The number of aromatic nitrogens is 2. The van der Waals surface area contributed by atoms with Crippen molar-refractivity contribution in [3.05, 3.63) is 68.2 Å². The van der Waals surface area contributed by atoms with E-state index < -0.39 is 28.6 Å². The number of aliphatic imine (C=N–C) groups is 1. The van der Waals surface area contributed by atoms with Crippen LogP contribution in [-0.4, -0.2) is 155 Å². The molecule has 0 radical (unpaired) electrons. The van der Waals surface area contributed by atoms with Crippen LogP contribution in [0.25, 0.3) is 21.8 Å². The van der Waals surface area contributed by atoms with Gasteiger partial charge in [0, 0.05) is 97.0 Å². The molecule has 0 spiro atoms. The van der Waals surface area contributed by atoms with Crippen LogP contribution >= 0.6 is 0 Å². The average Bonchev–Trinajstić information content (AvgIpc) is 3.27. The van der Waals surface area contributed by atoms with Crippen molar-refractivity contribution in [2.24, 2.45) is 10.7 Å². The van der Waals surface area contributed by atoms with Gasteiger partial charge in [0.15, 0.2) is 34.5 Å². The third-order valence-corrected chi connectivity index (χ3v) is 12.8. The van der Waals surface area contributed by atoms with Gasteiger partial charge in [-0.25, -0.2) is 13.6 Å². The van der Waals surface area contributed by atoms with Gasteiger partial charge < -0.3 is 58.8 Å². The van der Waals surface area contributed by atoms with Gasteiger partial charge in [0.1, 0.15) is 41.8 Å². The predicted molar refractivity (Wildman–Crippen MR) is 234 cm³/mol. The number of carboxylic acid groups (broad SMARTS) is 1. The summed E-state index contributed by atoms with van der Waals surface area (Å²) in [5.41, 5.74) is 6.38. The zero-order valence-corrected chi connectivity index (χ0v) is 35.0. The predicted octanol–water partition coefficient (Wildman–Crippen LogP) is 2.36. The van der Waals surface area contributed by atoms with Gasteiger partial charge in [-0.3, -0.25) is 25.8 Å². The smallest absolute Gasteiger partial charge is 0.341 e. The summed E-state index contributed by atoms with van der Waals surface area (Å²) >= 11 is 0. The maximum absolute atomic E-state index is 15.8. The van der Waals surface area contributed by atoms with Crippen LogP contribution in [0.1, 0.15) is 42.7 Å². The number of anilines is 2. The normalized spacial score (nSPS) is 20.2. The monoisotopic (exact) mass is 869 g/mol. The summed E-state index contributed by atoms with van der Waals surface area (Å²) in [6, 6.07) is 3.54. The molecule has 2 aromatic carbocycles. The summed E-state index contributed by atoms with van der Waals surface area (Å²) in [6.07, 6.45) is 3.15. The zero-order chi connectivity index (χ0) is 44.4. The largest absolute Gasteiger partial charge is 0.487 e. The molecular formula is C42H49F2N13O6. The van der Waals surface area contributed by atoms with Crippen LogP contribution in [0.3, 0.4) is 0 Å². The maximum atomic E-state index is 15.8. The van der Waals surface area contributed by atoms with Crippen LogP contribution in [0.2, 0.25) is 0 Å². The number of rotatable bonds is 5. The highest BCUT2D eigenvalue weighted by Crippen LogP contribution is 2.43. The number of piperazine rings is 3. The number of carbonyl (C=O) groups is 1. The number of pyridine rings is 2. The van der Waals surface area contributed by atoms with E-state index in [1.54, 1.807) is 20.6 Å². The van der Waals surface area contributed by atoms with E-state index in [1.807, 2.05) is 38.0 Å². The van der Waals surface area contributed by atoms with Crippen LogP contribution < -0.4 is 35.9 Å². The fourth-order valence-corrected chi connectivity index (χ4v) is 9.28. The SMILES string of the molecule is CC1COc2c(N3CCN(C(=N)CC(=N)N4CCN(C(N)=NC(=N)N5CCN(c6c(F)cc7c(=O)c(C(=O)O)cn8c7c6OCC8C)CC5)CC4)CC3)c(F)cc3c(=O)ccn1c23. The van der Waals surface area contributed by atoms with Crippen molar-refractivity contribution in [2.75, 3.05) is 102 Å². The van der Waals surface area contributed by atoms with Crippen molar-refractivity contribution in [2.45, 2.75) is 32.4 Å². The standard InChI is InChI=1S/C42H49F2N13O6/c1-23-21-62-38-33-25(30(58)3-4-56(23)33)17-28(43)35(38)52-9-5-50(6-10-52)31(45)19-32(46)51-7-13-54(14-8-51)41(47)49-42(48)55-15-11-53(12-16-55)36-29(44)18-26-34-39(36)63-22-24(2)57(34)20-27(37(26)59)40(60)61/h3-4,17-18,20,23-24,45-46H,5-16,19,21-22H2,1-2H3,(H,60,61)(H3,47,48,49). The fourth-order valence-electron chi connectivity index (χ4n) is 9.28. The quantitative estimate of drug-likeness (QED) is 0.144. The third-order valence-electron chi connectivity index (χ3n) is 12.8. The van der Waals surface area contributed by atoms with E-state index in [4.69, 9.17) is 31.4 Å². The van der Waals surface area contributed by atoms with Crippen LogP contribution in [0.5, 0.6) is 11.5 Å². The van der Waals surface area contributed by atoms with Crippen LogP contribution in [-0.2, 0) is 0 Å². The van der Waals surface area contributed by atoms with Gasteiger partial charge in [-0.15, -0.1) is 0 Å². The summed E-state index contributed by atoms with van der Waals surface area (Å²) < 4.78 is 47.0. The molecule has 2 unspecified atom stereocenters. The topological polar surface area (TPSA) is 229 Å². The Hall–Kier alpha value is -6.93. The Balaban J connectivity index is 0.766. The molecular weight excluding hydrogens is 821 g/mol. The van der Waals surface area contributed by atoms with Crippen molar-refractivity contribution in [1.29, 1.82) is 16.2 Å². The number of hydrogen-bond acceptors (Lipinski definition) is 10. The molecule has 9 rings (SSSR count). The van der Waals surface area contributed by atoms with Gasteiger partial charge in [-0.1, -0.05) is 0 Å². The first-order valence-electron chi connectivity index (χ1n) is 21.0. The second-order valence-corrected chi connectivity index (χ2v) is 16.6. The van der Waals surface area contributed by atoms with E-state index in [1.165, 1.54) is 18.3 Å². The summed E-state index contributed by atoms with van der Waals surface area (Å²) in [6.45, 7) is 9.28. The van der Waals surface area contributed by atoms with E-state index in [2.05, 4.69) is 4.99 Å². The summed E-state index contributed by atoms with van der Waals surface area (Å²) in [5.74, 6) is -1.30. The number of nitrogens with one attached hydrogen (secondary N) is 3. The molecule has 4 aromatic rings. The number of aromatic carboxylic acids is 1. The second-order valence-electron chi connectivity index (χ2n) is 16.6. The third kappa shape index (κ3) is 7.27. The van der Waals surface area contributed by atoms with E-state index in [9.17, 15) is 19.5 Å². The van der Waals surface area contributed by atoms with E-state index in [-0.39, 0.29) is 64.7 Å². The number of halogens is 2. The molecule has 2 aromatic heterocycles. The second kappa shape index (κ2) is 16.1. The molecule has 7 heterocycles. The lowest BCUT2D eigenvalue weighted by Gasteiger charge is -2.40. The molecule has 0 bridgehead atoms. The van der Waals surface area contributed by atoms with Crippen molar-refractivity contribution in [3.8, 4) is 11.5 Å². The summed E-state index contributed by atoms with van der Waals surface area (Å²) in [5, 5.41) is 36.2. The van der Waals surface area contributed by atoms with E-state index in [0.717, 1.165) is 6.07 Å². The minimum atomic E-state index is -1.38. The number of nitrogens with two attached hydrogens (primary N) is 1. The Morgan fingerprint density at radius 2 is 1.22 bits per heavy atom. The molecule has 0 aliphatic carbocycles. The molecule has 0 amide bonds. The van der Waals surface area contributed by atoms with Gasteiger partial charge in [-0.2, -0.15) is 4.99 Å². The zero-order valence-electron chi connectivity index (χ0n) is 35.0. The summed E-state index contributed by atoms with van der Waals surface area (Å²) in [7, 11) is 0. The molecule has 0 saturated carbocycles. The Morgan fingerprint density at radius 3 is 1.78 bits per heavy atom. The fraction of sp³-hybridized carbons (Fsp3) is 0.452. The Bertz CT molecular complexity index is 2730. The maximum Gasteiger partial charge on any atom is 0.341 e. The molecule has 63 heavy (non-hydrogen) atoms. The van der Waals surface area contributed by atoms with Crippen LogP contribution in [0.15, 0.2) is 45.2 Å². The Kier molecular flexibility index (Phi) is 10.6. The Labute approximate surface area is 359 Å². The number of guanidine groups is 2. The first kappa shape index (κ1) is 41.4. The van der Waals surface area contributed by atoms with Crippen molar-refractivity contribution in [3.63, 3.8) is 0 Å². The molecule has 5 aliphatic rings. The number of amidine groups is 2. The van der Waals surface area contributed by atoms with Gasteiger partial charge in [0.2, 0.25) is 11.4 Å². The van der Waals surface area contributed by atoms with Gasteiger partial charge in [0.25, 0.3) is 0 Å².